The second kappa shape index (κ2) is 4.38. The predicted molar refractivity (Wildman–Crippen MR) is 62.9 cm³/mol. The van der Waals surface area contributed by atoms with E-state index in [1.165, 1.54) is 0 Å². The monoisotopic (exact) mass is 220 g/mol. The fourth-order valence-electron chi connectivity index (χ4n) is 1.89. The van der Waals surface area contributed by atoms with Crippen LogP contribution in [0.5, 0.6) is 0 Å². The molecule has 3 N–H and O–H groups in total. The first-order valence-electron chi connectivity index (χ1n) is 5.38. The summed E-state index contributed by atoms with van der Waals surface area (Å²) in [7, 11) is 1.82. The quantitative estimate of drug-likeness (QED) is 0.769. The number of aromatic nitrogens is 1. The number of amides is 1. The molecule has 16 heavy (non-hydrogen) atoms. The van der Waals surface area contributed by atoms with Crippen LogP contribution < -0.4 is 11.1 Å². The zero-order valence-corrected chi connectivity index (χ0v) is 9.31. The van der Waals surface area contributed by atoms with Gasteiger partial charge in [-0.1, -0.05) is 0 Å². The van der Waals surface area contributed by atoms with E-state index in [9.17, 15) is 4.79 Å². The molecule has 2 rings (SSSR count). The zero-order chi connectivity index (χ0) is 11.5. The Morgan fingerprint density at radius 3 is 3.12 bits per heavy atom. The van der Waals surface area contributed by atoms with Crippen molar-refractivity contribution in [2.24, 2.45) is 0 Å². The Labute approximate surface area is 94.6 Å². The molecular weight excluding hydrogens is 204 g/mol. The lowest BCUT2D eigenvalue weighted by molar-refractivity contribution is -0.132. The van der Waals surface area contributed by atoms with E-state index >= 15 is 0 Å². The number of hydrogen-bond donors (Lipinski definition) is 2. The lowest BCUT2D eigenvalue weighted by Crippen LogP contribution is -2.43. The lowest BCUT2D eigenvalue weighted by Gasteiger charge is -2.30. The van der Waals surface area contributed by atoms with Gasteiger partial charge in [-0.2, -0.15) is 0 Å². The van der Waals surface area contributed by atoms with Gasteiger partial charge in [0.2, 0.25) is 5.91 Å². The van der Waals surface area contributed by atoms with E-state index in [-0.39, 0.29) is 11.9 Å². The first kappa shape index (κ1) is 10.7. The van der Waals surface area contributed by atoms with Gasteiger partial charge in [0, 0.05) is 32.3 Å². The van der Waals surface area contributed by atoms with E-state index < -0.39 is 0 Å². The molecule has 1 aromatic rings. The average molecular weight is 220 g/mol. The third-order valence-corrected chi connectivity index (χ3v) is 2.82. The van der Waals surface area contributed by atoms with E-state index in [0.717, 1.165) is 12.1 Å². The Bertz CT molecular complexity index is 393. The maximum atomic E-state index is 11.3. The predicted octanol–water partition coefficient (Wildman–Crippen LogP) is 0.696. The van der Waals surface area contributed by atoms with Crippen LogP contribution in [0.4, 0.5) is 11.5 Å². The summed E-state index contributed by atoms with van der Waals surface area (Å²) < 4.78 is 0. The number of pyridine rings is 1. The van der Waals surface area contributed by atoms with Gasteiger partial charge < -0.3 is 16.0 Å². The van der Waals surface area contributed by atoms with Gasteiger partial charge in [-0.15, -0.1) is 0 Å². The van der Waals surface area contributed by atoms with Gasteiger partial charge in [-0.3, -0.25) is 4.79 Å². The number of rotatable bonds is 2. The van der Waals surface area contributed by atoms with Crippen molar-refractivity contribution < 1.29 is 4.79 Å². The number of likely N-dealkylation sites (tertiary alicyclic amines) is 1. The SMILES string of the molecule is CN1CC(Nc2cccnc2N)CCC1=O. The molecule has 1 aliphatic heterocycles. The van der Waals surface area contributed by atoms with Crippen LogP contribution in [0.15, 0.2) is 18.3 Å². The van der Waals surface area contributed by atoms with Crippen LogP contribution in [0, 0.1) is 0 Å². The molecule has 0 aromatic carbocycles. The van der Waals surface area contributed by atoms with Crippen molar-refractivity contribution in [2.75, 3.05) is 24.6 Å². The third-order valence-electron chi connectivity index (χ3n) is 2.82. The molecule has 1 atom stereocenters. The number of nitrogens with one attached hydrogen (secondary N) is 1. The third kappa shape index (κ3) is 2.24. The molecule has 1 saturated heterocycles. The molecule has 0 spiro atoms. The van der Waals surface area contributed by atoms with Gasteiger partial charge in [0.25, 0.3) is 0 Å². The number of nitrogen functional groups attached to an aromatic ring is 1. The number of hydrogen-bond acceptors (Lipinski definition) is 4. The van der Waals surface area contributed by atoms with Crippen molar-refractivity contribution >= 4 is 17.4 Å². The Morgan fingerprint density at radius 1 is 1.62 bits per heavy atom. The highest BCUT2D eigenvalue weighted by Gasteiger charge is 2.22. The highest BCUT2D eigenvalue weighted by Crippen LogP contribution is 2.19. The number of nitrogens with two attached hydrogens (primary N) is 1. The van der Waals surface area contributed by atoms with Gasteiger partial charge in [0.1, 0.15) is 5.82 Å². The van der Waals surface area contributed by atoms with Gasteiger partial charge in [-0.25, -0.2) is 4.98 Å². The summed E-state index contributed by atoms with van der Waals surface area (Å²) in [5.41, 5.74) is 6.59. The van der Waals surface area contributed by atoms with Crippen molar-refractivity contribution in [3.8, 4) is 0 Å². The van der Waals surface area contributed by atoms with Gasteiger partial charge in [0.05, 0.1) is 5.69 Å². The van der Waals surface area contributed by atoms with Crippen molar-refractivity contribution in [3.63, 3.8) is 0 Å². The minimum absolute atomic E-state index is 0.206. The molecule has 1 fully saturated rings. The topological polar surface area (TPSA) is 71.2 Å². The summed E-state index contributed by atoms with van der Waals surface area (Å²) in [6, 6.07) is 4.00. The molecule has 1 aliphatic rings. The summed E-state index contributed by atoms with van der Waals surface area (Å²) in [6.45, 7) is 0.715. The molecule has 0 bridgehead atoms. The molecule has 1 amide bonds. The van der Waals surface area contributed by atoms with Crippen LogP contribution >= 0.6 is 0 Å². The number of anilines is 2. The Morgan fingerprint density at radius 2 is 2.44 bits per heavy atom. The fraction of sp³-hybridized carbons (Fsp3) is 0.455. The number of likely N-dealkylation sites (N-methyl/N-ethyl adjacent to an activating group) is 1. The fourth-order valence-corrected chi connectivity index (χ4v) is 1.89. The minimum atomic E-state index is 0.206. The van der Waals surface area contributed by atoms with Crippen LogP contribution in [-0.2, 0) is 4.79 Å². The standard InChI is InChI=1S/C11H16N4O/c1-15-7-8(4-5-10(15)16)14-9-3-2-6-13-11(9)12/h2-3,6,8,14H,4-5,7H2,1H3,(H2,12,13). The summed E-state index contributed by atoms with van der Waals surface area (Å²) in [5, 5.41) is 3.32. The zero-order valence-electron chi connectivity index (χ0n) is 9.31. The molecule has 1 aromatic heterocycles. The van der Waals surface area contributed by atoms with E-state index in [1.807, 2.05) is 19.2 Å². The second-order valence-corrected chi connectivity index (χ2v) is 4.09. The Hall–Kier alpha value is -1.78. The van der Waals surface area contributed by atoms with E-state index in [1.54, 1.807) is 11.1 Å². The molecule has 5 nitrogen and oxygen atoms in total. The van der Waals surface area contributed by atoms with Crippen molar-refractivity contribution in [1.82, 2.24) is 9.88 Å². The molecular formula is C11H16N4O. The number of carbonyl (C=O) groups is 1. The van der Waals surface area contributed by atoms with Crippen LogP contribution in [-0.4, -0.2) is 35.4 Å². The van der Waals surface area contributed by atoms with Crippen LogP contribution in [0.1, 0.15) is 12.8 Å². The van der Waals surface area contributed by atoms with Gasteiger partial charge in [-0.05, 0) is 18.6 Å². The molecule has 2 heterocycles. The van der Waals surface area contributed by atoms with Crippen LogP contribution in [0.3, 0.4) is 0 Å². The van der Waals surface area contributed by atoms with E-state index in [0.29, 0.717) is 18.8 Å². The largest absolute Gasteiger partial charge is 0.382 e. The molecule has 0 saturated carbocycles. The average Bonchev–Trinajstić information content (AvgIpc) is 2.27. The number of piperidine rings is 1. The summed E-state index contributed by atoms with van der Waals surface area (Å²) in [5.74, 6) is 0.708. The maximum Gasteiger partial charge on any atom is 0.222 e. The molecule has 86 valence electrons. The first-order valence-corrected chi connectivity index (χ1v) is 5.38. The maximum absolute atomic E-state index is 11.3. The lowest BCUT2D eigenvalue weighted by atomic mass is 10.1. The summed E-state index contributed by atoms with van der Waals surface area (Å²) in [6.07, 6.45) is 3.10. The van der Waals surface area contributed by atoms with Gasteiger partial charge >= 0.3 is 0 Å². The number of nitrogens with zero attached hydrogens (tertiary/aromatic N) is 2. The summed E-state index contributed by atoms with van der Waals surface area (Å²) >= 11 is 0. The van der Waals surface area contributed by atoms with Crippen LogP contribution in [0.2, 0.25) is 0 Å². The normalized spacial score (nSPS) is 20.9. The minimum Gasteiger partial charge on any atom is -0.382 e. The van der Waals surface area contributed by atoms with E-state index in [2.05, 4.69) is 10.3 Å². The van der Waals surface area contributed by atoms with Crippen molar-refractivity contribution in [3.05, 3.63) is 18.3 Å². The highest BCUT2D eigenvalue weighted by atomic mass is 16.2. The molecule has 0 radical (unpaired) electrons. The number of carbonyl (C=O) groups excluding carboxylic acids is 1. The van der Waals surface area contributed by atoms with Crippen LogP contribution in [0.25, 0.3) is 0 Å². The molecule has 1 unspecified atom stereocenters. The smallest absolute Gasteiger partial charge is 0.222 e. The van der Waals surface area contributed by atoms with Crippen molar-refractivity contribution in [1.29, 1.82) is 0 Å². The molecule has 0 aliphatic carbocycles. The van der Waals surface area contributed by atoms with Gasteiger partial charge in [0.15, 0.2) is 0 Å². The second-order valence-electron chi connectivity index (χ2n) is 4.09. The van der Waals surface area contributed by atoms with Crippen molar-refractivity contribution in [2.45, 2.75) is 18.9 Å². The Balaban J connectivity index is 2.01. The van der Waals surface area contributed by atoms with E-state index in [4.69, 9.17) is 5.73 Å². The Kier molecular flexibility index (Phi) is 2.94. The molecule has 5 heteroatoms. The summed E-state index contributed by atoms with van der Waals surface area (Å²) in [4.78, 5) is 17.1. The highest BCUT2D eigenvalue weighted by molar-refractivity contribution is 5.77. The first-order chi connectivity index (χ1) is 7.66.